The van der Waals surface area contributed by atoms with Gasteiger partial charge < -0.3 is 5.32 Å². The summed E-state index contributed by atoms with van der Waals surface area (Å²) in [5.74, 6) is -2.61. The van der Waals surface area contributed by atoms with Crippen molar-refractivity contribution in [1.29, 1.82) is 0 Å². The van der Waals surface area contributed by atoms with Crippen molar-refractivity contribution in [3.05, 3.63) is 47.1 Å². The molecule has 1 atom stereocenters. The van der Waals surface area contributed by atoms with Crippen molar-refractivity contribution in [3.63, 3.8) is 0 Å². The summed E-state index contributed by atoms with van der Waals surface area (Å²) in [6.45, 7) is -0.865. The summed E-state index contributed by atoms with van der Waals surface area (Å²) in [5.41, 5.74) is 1.53. The Morgan fingerprint density at radius 3 is 2.55 bits per heavy atom. The smallest absolute Gasteiger partial charge is 0.349 e. The average Bonchev–Trinajstić information content (AvgIpc) is 3.46. The molecule has 1 saturated heterocycles. The van der Waals surface area contributed by atoms with Gasteiger partial charge >= 0.3 is 6.18 Å². The summed E-state index contributed by atoms with van der Waals surface area (Å²) >= 11 is 1.23. The zero-order valence-electron chi connectivity index (χ0n) is 21.5. The number of likely N-dealkylation sites (tertiary alicyclic amines) is 1. The van der Waals surface area contributed by atoms with E-state index >= 15 is 0 Å². The van der Waals surface area contributed by atoms with Crippen LogP contribution in [0, 0.1) is 5.92 Å². The Balaban J connectivity index is 1.40. The molecule has 0 radical (unpaired) electrons. The summed E-state index contributed by atoms with van der Waals surface area (Å²) in [6, 6.07) is 10.3. The van der Waals surface area contributed by atoms with E-state index in [0.29, 0.717) is 29.7 Å². The molecule has 2 heterocycles. The van der Waals surface area contributed by atoms with E-state index in [0.717, 1.165) is 35.4 Å². The number of benzene rings is 2. The highest BCUT2D eigenvalue weighted by molar-refractivity contribution is 7.83. The predicted octanol–water partition coefficient (Wildman–Crippen LogP) is 5.55. The Bertz CT molecular complexity index is 1410. The van der Waals surface area contributed by atoms with E-state index in [4.69, 9.17) is 0 Å². The molecule has 2 aromatic carbocycles. The van der Waals surface area contributed by atoms with Crippen molar-refractivity contribution < 1.29 is 31.0 Å². The molecule has 6 nitrogen and oxygen atoms in total. The largest absolute Gasteiger partial charge is 0.402 e. The number of thiazole rings is 1. The van der Waals surface area contributed by atoms with Gasteiger partial charge in [0, 0.05) is 31.6 Å². The fourth-order valence-electron chi connectivity index (χ4n) is 5.03. The molecule has 1 aliphatic heterocycles. The van der Waals surface area contributed by atoms with Crippen molar-refractivity contribution in [2.75, 3.05) is 32.7 Å². The molecule has 2 aliphatic rings. The maximum absolute atomic E-state index is 13.5. The van der Waals surface area contributed by atoms with Gasteiger partial charge in [-0.1, -0.05) is 49.6 Å². The minimum atomic E-state index is -4.50. The minimum absolute atomic E-state index is 0.181. The molecule has 3 aromatic rings. The molecule has 1 saturated carbocycles. The van der Waals surface area contributed by atoms with Crippen LogP contribution in [0.15, 0.2) is 41.3 Å². The number of hydrogen-bond acceptors (Lipinski definition) is 5. The number of rotatable bonds is 10. The molecule has 1 unspecified atom stereocenters. The molecule has 1 aromatic heterocycles. The van der Waals surface area contributed by atoms with Crippen molar-refractivity contribution in [2.24, 2.45) is 5.92 Å². The van der Waals surface area contributed by atoms with E-state index in [1.165, 1.54) is 11.3 Å². The lowest BCUT2D eigenvalue weighted by Crippen LogP contribution is -2.35. The van der Waals surface area contributed by atoms with Crippen LogP contribution in [0.3, 0.4) is 0 Å². The van der Waals surface area contributed by atoms with E-state index < -0.39 is 29.6 Å². The number of carbonyl (C=O) groups excluding carboxylic acids is 1. The van der Waals surface area contributed by atoms with Crippen LogP contribution in [0.5, 0.6) is 0 Å². The highest BCUT2D eigenvalue weighted by atomic mass is 32.2. The summed E-state index contributed by atoms with van der Waals surface area (Å²) in [7, 11) is -2.09. The molecule has 0 spiro atoms. The van der Waals surface area contributed by atoms with Gasteiger partial charge in [-0.2, -0.15) is 13.2 Å². The first kappa shape index (κ1) is 29.0. The van der Waals surface area contributed by atoms with Gasteiger partial charge in [0.1, 0.15) is 17.5 Å². The Morgan fingerprint density at radius 2 is 1.90 bits per heavy atom. The number of halogens is 5. The number of alkyl halides is 5. The predicted molar refractivity (Wildman–Crippen MR) is 145 cm³/mol. The van der Waals surface area contributed by atoms with Crippen molar-refractivity contribution >= 4 is 39.0 Å². The number of nitrogens with one attached hydrogen (secondary N) is 2. The Hall–Kier alpha value is -2.48. The molecule has 40 heavy (non-hydrogen) atoms. The topological polar surface area (TPSA) is 74.3 Å². The van der Waals surface area contributed by atoms with Crippen molar-refractivity contribution in [3.8, 4) is 10.4 Å². The van der Waals surface area contributed by atoms with Gasteiger partial charge in [0.15, 0.2) is 5.01 Å². The third-order valence-corrected chi connectivity index (χ3v) is 9.58. The summed E-state index contributed by atoms with van der Waals surface area (Å²) in [6.07, 6.45) is -0.704. The van der Waals surface area contributed by atoms with Crippen molar-refractivity contribution in [2.45, 2.75) is 49.1 Å². The van der Waals surface area contributed by atoms with Crippen LogP contribution in [0.2, 0.25) is 0 Å². The third-order valence-electron chi connectivity index (χ3n) is 7.29. The van der Waals surface area contributed by atoms with Crippen LogP contribution in [-0.2, 0) is 17.4 Å². The lowest BCUT2D eigenvalue weighted by molar-refractivity contribution is -0.121. The molecule has 1 aliphatic carbocycles. The zero-order valence-corrected chi connectivity index (χ0v) is 23.2. The standard InChI is InChI=1S/C27H29F5N4O2S2/c28-26(29)10-12-36(16-26)13-11-33-24(37)25-35-21(14-17-4-3-5-17)23(39-25)20-8-9-22(19-7-2-1-6-18(19)20)40(38)34-15-27(30,31)32/h1-2,6-9,17,34H,3-5,10-16H2,(H,33,37). The fourth-order valence-corrected chi connectivity index (χ4v) is 7.09. The monoisotopic (exact) mass is 600 g/mol. The summed E-state index contributed by atoms with van der Waals surface area (Å²) in [5, 5.41) is 4.30. The minimum Gasteiger partial charge on any atom is -0.349 e. The van der Waals surface area contributed by atoms with Crippen LogP contribution >= 0.6 is 11.3 Å². The number of fused-ring (bicyclic) bond motifs is 1. The highest BCUT2D eigenvalue weighted by Gasteiger charge is 2.37. The first-order valence-electron chi connectivity index (χ1n) is 13.1. The van der Waals surface area contributed by atoms with Crippen LogP contribution in [-0.4, -0.2) is 64.8 Å². The number of carbonyl (C=O) groups is 1. The Morgan fingerprint density at radius 1 is 1.15 bits per heavy atom. The third kappa shape index (κ3) is 6.87. The second-order valence-electron chi connectivity index (χ2n) is 10.3. The fraction of sp³-hybridized carbons (Fsp3) is 0.481. The highest BCUT2D eigenvalue weighted by Crippen LogP contribution is 2.40. The van der Waals surface area contributed by atoms with Crippen LogP contribution in [0.25, 0.3) is 21.2 Å². The first-order valence-corrected chi connectivity index (χ1v) is 15.1. The maximum atomic E-state index is 13.5. The van der Waals surface area contributed by atoms with Gasteiger partial charge in [-0.25, -0.2) is 22.7 Å². The average molecular weight is 601 g/mol. The van der Waals surface area contributed by atoms with Gasteiger partial charge in [-0.15, -0.1) is 11.3 Å². The van der Waals surface area contributed by atoms with Gasteiger partial charge in [-0.3, -0.25) is 9.69 Å². The molecule has 5 rings (SSSR count). The number of nitrogens with zero attached hydrogens (tertiary/aromatic N) is 2. The zero-order chi connectivity index (χ0) is 28.5. The number of amides is 1. The van der Waals surface area contributed by atoms with E-state index in [9.17, 15) is 31.0 Å². The van der Waals surface area contributed by atoms with Crippen LogP contribution in [0.4, 0.5) is 22.0 Å². The molecule has 13 heteroatoms. The van der Waals surface area contributed by atoms with E-state index in [-0.39, 0.29) is 41.9 Å². The number of hydrogen-bond donors (Lipinski definition) is 2. The van der Waals surface area contributed by atoms with E-state index in [1.807, 2.05) is 10.8 Å². The van der Waals surface area contributed by atoms with E-state index in [2.05, 4.69) is 10.3 Å². The van der Waals surface area contributed by atoms with Gasteiger partial charge in [0.25, 0.3) is 11.8 Å². The molecular weight excluding hydrogens is 571 g/mol. The SMILES string of the molecule is O=C(NCCN1CCC(F)(F)C1)c1nc(CC2CCC2)c(-c2ccc(S(=O)NCC(F)(F)F)c3ccccc23)s1. The lowest BCUT2D eigenvalue weighted by Gasteiger charge is -2.24. The maximum Gasteiger partial charge on any atom is 0.402 e. The summed E-state index contributed by atoms with van der Waals surface area (Å²) < 4.78 is 79.8. The molecular formula is C27H29F5N4O2S2. The van der Waals surface area contributed by atoms with Crippen LogP contribution in [0.1, 0.15) is 41.2 Å². The van der Waals surface area contributed by atoms with Gasteiger partial charge in [-0.05, 0) is 29.2 Å². The number of aromatic nitrogens is 1. The van der Waals surface area contributed by atoms with Gasteiger partial charge in [0.05, 0.1) is 22.0 Å². The van der Waals surface area contributed by atoms with Gasteiger partial charge in [0.2, 0.25) is 0 Å². The summed E-state index contributed by atoms with van der Waals surface area (Å²) in [4.78, 5) is 20.3. The second kappa shape index (κ2) is 11.8. The van der Waals surface area contributed by atoms with E-state index in [1.54, 1.807) is 35.2 Å². The molecule has 0 bridgehead atoms. The van der Waals surface area contributed by atoms with Crippen LogP contribution < -0.4 is 10.0 Å². The quantitative estimate of drug-likeness (QED) is 0.300. The normalized spacial score (nSPS) is 18.6. The Labute approximate surface area is 234 Å². The second-order valence-corrected chi connectivity index (χ2v) is 12.6. The van der Waals surface area contributed by atoms with Crippen molar-refractivity contribution in [1.82, 2.24) is 19.9 Å². The molecule has 216 valence electrons. The Kier molecular flexibility index (Phi) is 8.55. The molecule has 1 amide bonds. The molecule has 2 fully saturated rings. The molecule has 2 N–H and O–H groups in total. The first-order chi connectivity index (χ1) is 19.0. The lowest BCUT2D eigenvalue weighted by atomic mass is 9.81.